The van der Waals surface area contributed by atoms with E-state index in [1.165, 1.54) is 18.5 Å². The van der Waals surface area contributed by atoms with E-state index < -0.39 is 23.1 Å². The fourth-order valence-electron chi connectivity index (χ4n) is 3.18. The number of pyridine rings is 1. The summed E-state index contributed by atoms with van der Waals surface area (Å²) < 4.78 is 2.43. The van der Waals surface area contributed by atoms with Crippen molar-refractivity contribution >= 4 is 44.5 Å². The summed E-state index contributed by atoms with van der Waals surface area (Å²) in [6.07, 6.45) is 2.99. The molecule has 2 aromatic heterocycles. The first-order valence-corrected chi connectivity index (χ1v) is 10.1. The van der Waals surface area contributed by atoms with Gasteiger partial charge in [0.15, 0.2) is 0 Å². The molecule has 2 heterocycles. The van der Waals surface area contributed by atoms with E-state index in [2.05, 4.69) is 31.2 Å². The first kappa shape index (κ1) is 21.2. The Morgan fingerprint density at radius 2 is 1.84 bits per heavy atom. The summed E-state index contributed by atoms with van der Waals surface area (Å²) >= 11 is 3.31. The number of aryl methyl sites for hydroxylation is 1. The van der Waals surface area contributed by atoms with Crippen LogP contribution < -0.4 is 16.3 Å². The molecule has 2 aromatic carbocycles. The van der Waals surface area contributed by atoms with Crippen LogP contribution in [0.4, 0.5) is 5.69 Å². The van der Waals surface area contributed by atoms with Crippen LogP contribution in [0.3, 0.4) is 0 Å². The number of carboxylic acid groups (broad SMARTS) is 1. The number of anilines is 1. The number of hydrogen-bond acceptors (Lipinski definition) is 5. The van der Waals surface area contributed by atoms with Crippen LogP contribution in [-0.2, 0) is 0 Å². The summed E-state index contributed by atoms with van der Waals surface area (Å²) in [7, 11) is 0. The van der Waals surface area contributed by atoms with Crippen molar-refractivity contribution in [2.75, 3.05) is 5.32 Å². The van der Waals surface area contributed by atoms with Crippen LogP contribution in [0.2, 0.25) is 0 Å². The van der Waals surface area contributed by atoms with Gasteiger partial charge in [-0.1, -0.05) is 15.9 Å². The van der Waals surface area contributed by atoms with Gasteiger partial charge in [0, 0.05) is 28.5 Å². The van der Waals surface area contributed by atoms with E-state index in [-0.39, 0.29) is 16.6 Å². The normalized spacial score (nSPS) is 10.8. The minimum atomic E-state index is -1.43. The van der Waals surface area contributed by atoms with Crippen LogP contribution in [0.15, 0.2) is 68.9 Å². The van der Waals surface area contributed by atoms with Crippen LogP contribution in [0, 0.1) is 6.92 Å². The summed E-state index contributed by atoms with van der Waals surface area (Å²) in [5, 5.41) is 11.8. The number of aromatic nitrogens is 3. The molecule has 0 aliphatic rings. The molecule has 0 fully saturated rings. The Morgan fingerprint density at radius 1 is 1.12 bits per heavy atom. The Morgan fingerprint density at radius 3 is 2.53 bits per heavy atom. The van der Waals surface area contributed by atoms with Crippen LogP contribution in [0.1, 0.15) is 26.4 Å². The van der Waals surface area contributed by atoms with Gasteiger partial charge in [0.05, 0.1) is 16.7 Å². The van der Waals surface area contributed by atoms with Crippen molar-refractivity contribution in [3.63, 3.8) is 0 Å². The molecule has 4 aromatic rings. The molecule has 0 spiro atoms. The van der Waals surface area contributed by atoms with Crippen molar-refractivity contribution < 1.29 is 14.7 Å². The van der Waals surface area contributed by atoms with E-state index in [0.29, 0.717) is 16.8 Å². The third kappa shape index (κ3) is 4.08. The molecule has 0 aliphatic carbocycles. The number of H-pyrrole nitrogens is 1. The van der Waals surface area contributed by atoms with E-state index in [0.717, 1.165) is 10.0 Å². The number of carbonyl (C=O) groups is 2. The van der Waals surface area contributed by atoms with Gasteiger partial charge in [-0.05, 0) is 48.9 Å². The zero-order chi connectivity index (χ0) is 23.0. The monoisotopic (exact) mass is 494 g/mol. The molecule has 0 unspecified atom stereocenters. The minimum Gasteiger partial charge on any atom is -0.476 e. The number of aromatic amines is 1. The molecule has 0 aliphatic heterocycles. The van der Waals surface area contributed by atoms with Crippen molar-refractivity contribution in [2.45, 2.75) is 6.92 Å². The van der Waals surface area contributed by atoms with Gasteiger partial charge in [-0.2, -0.15) is 0 Å². The van der Waals surface area contributed by atoms with Gasteiger partial charge < -0.3 is 20.0 Å². The fourth-order valence-corrected chi connectivity index (χ4v) is 3.44. The zero-order valence-electron chi connectivity index (χ0n) is 16.5. The maximum Gasteiger partial charge on any atom is 0.360 e. The van der Waals surface area contributed by atoms with Gasteiger partial charge in [-0.15, -0.1) is 0 Å². The minimum absolute atomic E-state index is 0.0700. The quantitative estimate of drug-likeness (QED) is 0.399. The molecule has 160 valence electrons. The van der Waals surface area contributed by atoms with Crippen molar-refractivity contribution in [2.24, 2.45) is 0 Å². The molecule has 0 atom stereocenters. The van der Waals surface area contributed by atoms with Crippen LogP contribution in [0.25, 0.3) is 16.7 Å². The molecule has 0 bridgehead atoms. The standard InChI is InChI=1S/C22H15BrN4O5/c1-11-8-14-15(24-19(22(31)32)21(30)25-14)9-17(11)27-7-6-18(28)16(10-27)26-20(29)12-2-4-13(23)5-3-12/h2-10H,1H3,(H,25,30)(H,26,29)(H,31,32). The third-order valence-corrected chi connectivity index (χ3v) is 5.29. The fraction of sp³-hybridized carbons (Fsp3) is 0.0455. The predicted octanol–water partition coefficient (Wildman–Crippen LogP) is 3.10. The van der Waals surface area contributed by atoms with E-state index in [1.54, 1.807) is 47.9 Å². The van der Waals surface area contributed by atoms with Crippen molar-refractivity contribution in [3.8, 4) is 5.69 Å². The summed E-state index contributed by atoms with van der Waals surface area (Å²) in [6, 6.07) is 11.3. The molecule has 0 saturated heterocycles. The number of amides is 1. The predicted molar refractivity (Wildman–Crippen MR) is 122 cm³/mol. The highest BCUT2D eigenvalue weighted by molar-refractivity contribution is 9.10. The van der Waals surface area contributed by atoms with Crippen molar-refractivity contribution in [1.29, 1.82) is 0 Å². The molecule has 32 heavy (non-hydrogen) atoms. The van der Waals surface area contributed by atoms with Crippen LogP contribution >= 0.6 is 15.9 Å². The smallest absolute Gasteiger partial charge is 0.360 e. The lowest BCUT2D eigenvalue weighted by molar-refractivity contribution is 0.0688. The second-order valence-electron chi connectivity index (χ2n) is 6.97. The number of hydrogen-bond donors (Lipinski definition) is 3. The topological polar surface area (TPSA) is 134 Å². The maximum atomic E-state index is 12.5. The van der Waals surface area contributed by atoms with Crippen LogP contribution in [-0.4, -0.2) is 31.5 Å². The molecule has 10 heteroatoms. The van der Waals surface area contributed by atoms with E-state index in [4.69, 9.17) is 5.11 Å². The number of halogens is 1. The molecular formula is C22H15BrN4O5. The Kier molecular flexibility index (Phi) is 5.45. The van der Waals surface area contributed by atoms with Crippen molar-refractivity contribution in [3.05, 3.63) is 96.7 Å². The lowest BCUT2D eigenvalue weighted by atomic mass is 10.1. The summed E-state index contributed by atoms with van der Waals surface area (Å²) in [4.78, 5) is 54.4. The molecule has 1 amide bonds. The summed E-state index contributed by atoms with van der Waals surface area (Å²) in [5.74, 6) is -1.87. The number of carboxylic acids is 1. The SMILES string of the molecule is Cc1cc2[nH]c(=O)c(C(=O)O)nc2cc1-n1ccc(=O)c(NC(=O)c2ccc(Br)cc2)c1. The molecule has 3 N–H and O–H groups in total. The number of benzene rings is 2. The van der Waals surface area contributed by atoms with Gasteiger partial charge >= 0.3 is 5.97 Å². The number of carbonyl (C=O) groups excluding carboxylic acids is 1. The highest BCUT2D eigenvalue weighted by Crippen LogP contribution is 2.21. The second kappa shape index (κ2) is 8.23. The molecule has 9 nitrogen and oxygen atoms in total. The van der Waals surface area contributed by atoms with Crippen molar-refractivity contribution in [1.82, 2.24) is 14.5 Å². The van der Waals surface area contributed by atoms with E-state index >= 15 is 0 Å². The van der Waals surface area contributed by atoms with E-state index in [1.807, 2.05) is 0 Å². The number of fused-ring (bicyclic) bond motifs is 1. The number of nitrogens with one attached hydrogen (secondary N) is 2. The largest absolute Gasteiger partial charge is 0.476 e. The first-order valence-electron chi connectivity index (χ1n) is 9.30. The molecular weight excluding hydrogens is 480 g/mol. The Labute approximate surface area is 188 Å². The van der Waals surface area contributed by atoms with E-state index in [9.17, 15) is 19.2 Å². The van der Waals surface area contributed by atoms with Gasteiger partial charge in [-0.3, -0.25) is 14.4 Å². The van der Waals surface area contributed by atoms with Crippen LogP contribution in [0.5, 0.6) is 0 Å². The average Bonchev–Trinajstić information content (AvgIpc) is 2.75. The molecule has 4 rings (SSSR count). The zero-order valence-corrected chi connectivity index (χ0v) is 18.1. The second-order valence-corrected chi connectivity index (χ2v) is 7.88. The molecule has 0 radical (unpaired) electrons. The summed E-state index contributed by atoms with van der Waals surface area (Å²) in [5.41, 5.74) is 0.640. The first-order chi connectivity index (χ1) is 15.2. The third-order valence-electron chi connectivity index (χ3n) is 4.77. The van der Waals surface area contributed by atoms with Gasteiger partial charge in [-0.25, -0.2) is 9.78 Å². The van der Waals surface area contributed by atoms with Gasteiger partial charge in [0.2, 0.25) is 11.1 Å². The lowest BCUT2D eigenvalue weighted by Gasteiger charge is -2.13. The highest BCUT2D eigenvalue weighted by Gasteiger charge is 2.14. The lowest BCUT2D eigenvalue weighted by Crippen LogP contribution is -2.20. The number of nitrogens with zero attached hydrogens (tertiary/aromatic N) is 2. The maximum absolute atomic E-state index is 12.5. The van der Waals surface area contributed by atoms with Gasteiger partial charge in [0.25, 0.3) is 11.5 Å². The van der Waals surface area contributed by atoms with Gasteiger partial charge in [0.1, 0.15) is 5.69 Å². The number of aromatic carboxylic acids is 1. The Balaban J connectivity index is 1.76. The average molecular weight is 495 g/mol. The highest BCUT2D eigenvalue weighted by atomic mass is 79.9. The number of rotatable bonds is 4. The Hall–Kier alpha value is -4.05. The Bertz CT molecular complexity index is 1510. The molecule has 0 saturated carbocycles. The summed E-state index contributed by atoms with van der Waals surface area (Å²) in [6.45, 7) is 1.79.